The highest BCUT2D eigenvalue weighted by atomic mass is 19.1. The third-order valence-electron chi connectivity index (χ3n) is 2.39. The molecule has 0 spiro atoms. The van der Waals surface area contributed by atoms with Gasteiger partial charge in [0.25, 0.3) is 0 Å². The molecule has 6 nitrogen and oxygen atoms in total. The zero-order valence-corrected chi connectivity index (χ0v) is 10.3. The number of amides is 2. The van der Waals surface area contributed by atoms with E-state index < -0.39 is 23.9 Å². The normalized spacial score (nSPS) is 11.7. The Hall–Kier alpha value is -2.15. The number of aliphatic hydroxyl groups is 1. The van der Waals surface area contributed by atoms with Gasteiger partial charge in [0.2, 0.25) is 0 Å². The van der Waals surface area contributed by atoms with E-state index >= 15 is 0 Å². The number of aliphatic hydroxyl groups excluding tert-OH is 1. The van der Waals surface area contributed by atoms with Crippen molar-refractivity contribution in [3.8, 4) is 0 Å². The Balaban J connectivity index is 2.66. The third kappa shape index (κ3) is 4.55. The van der Waals surface area contributed by atoms with Crippen LogP contribution in [-0.2, 0) is 4.79 Å². The fourth-order valence-corrected chi connectivity index (χ4v) is 1.42. The van der Waals surface area contributed by atoms with Crippen molar-refractivity contribution in [3.05, 3.63) is 29.6 Å². The van der Waals surface area contributed by atoms with E-state index in [9.17, 15) is 14.0 Å². The molecule has 19 heavy (non-hydrogen) atoms. The van der Waals surface area contributed by atoms with Crippen LogP contribution >= 0.6 is 0 Å². The Labute approximate surface area is 109 Å². The fourth-order valence-electron chi connectivity index (χ4n) is 1.42. The molecule has 0 saturated carbocycles. The largest absolute Gasteiger partial charge is 0.480 e. The molecule has 0 aliphatic carbocycles. The van der Waals surface area contributed by atoms with E-state index in [4.69, 9.17) is 10.2 Å². The number of carbonyl (C=O) groups excluding carboxylic acids is 1. The molecule has 4 N–H and O–H groups in total. The standard InChI is InChI=1S/C12H15FN2O4/c1-7-2-3-9(8(13)6-7)14-12(19)15-10(4-5-16)11(17)18/h2-3,6,10,16H,4-5H2,1H3,(H,17,18)(H2,14,15,19)/t10-/m1/s1. The summed E-state index contributed by atoms with van der Waals surface area (Å²) in [5, 5.41) is 21.8. The van der Waals surface area contributed by atoms with Gasteiger partial charge in [0.1, 0.15) is 11.9 Å². The molecular weight excluding hydrogens is 255 g/mol. The number of carbonyl (C=O) groups is 2. The average Bonchev–Trinajstić information content (AvgIpc) is 2.32. The van der Waals surface area contributed by atoms with Crippen molar-refractivity contribution >= 4 is 17.7 Å². The number of benzene rings is 1. The summed E-state index contributed by atoms with van der Waals surface area (Å²) >= 11 is 0. The molecule has 1 atom stereocenters. The predicted molar refractivity (Wildman–Crippen MR) is 66.4 cm³/mol. The lowest BCUT2D eigenvalue weighted by Crippen LogP contribution is -2.43. The minimum Gasteiger partial charge on any atom is -0.480 e. The molecular formula is C12H15FN2O4. The molecule has 0 bridgehead atoms. The Morgan fingerprint density at radius 1 is 1.42 bits per heavy atom. The van der Waals surface area contributed by atoms with Crippen LogP contribution in [0, 0.1) is 12.7 Å². The molecule has 1 rings (SSSR count). The molecule has 0 aliphatic heterocycles. The second kappa shape index (κ2) is 6.69. The van der Waals surface area contributed by atoms with Crippen molar-refractivity contribution in [2.45, 2.75) is 19.4 Å². The monoisotopic (exact) mass is 270 g/mol. The molecule has 0 aromatic heterocycles. The van der Waals surface area contributed by atoms with Gasteiger partial charge in [-0.15, -0.1) is 0 Å². The quantitative estimate of drug-likeness (QED) is 0.643. The number of halogens is 1. The predicted octanol–water partition coefficient (Wildman–Crippen LogP) is 1.09. The van der Waals surface area contributed by atoms with Crippen LogP contribution in [0.3, 0.4) is 0 Å². The van der Waals surface area contributed by atoms with Crippen molar-refractivity contribution in [2.24, 2.45) is 0 Å². The molecule has 0 heterocycles. The van der Waals surface area contributed by atoms with Crippen LogP contribution in [-0.4, -0.2) is 34.9 Å². The number of hydrogen-bond acceptors (Lipinski definition) is 3. The molecule has 0 radical (unpaired) electrons. The van der Waals surface area contributed by atoms with Gasteiger partial charge in [0, 0.05) is 13.0 Å². The summed E-state index contributed by atoms with van der Waals surface area (Å²) in [5.74, 6) is -1.88. The topological polar surface area (TPSA) is 98.7 Å². The third-order valence-corrected chi connectivity index (χ3v) is 2.39. The van der Waals surface area contributed by atoms with Crippen LogP contribution in [0.25, 0.3) is 0 Å². The Kier molecular flexibility index (Phi) is 5.25. The highest BCUT2D eigenvalue weighted by Crippen LogP contribution is 2.14. The maximum Gasteiger partial charge on any atom is 0.326 e. The molecule has 0 fully saturated rings. The smallest absolute Gasteiger partial charge is 0.326 e. The number of carboxylic acid groups (broad SMARTS) is 1. The first-order chi connectivity index (χ1) is 8.93. The first kappa shape index (κ1) is 14.9. The van der Waals surface area contributed by atoms with Gasteiger partial charge in [-0.3, -0.25) is 0 Å². The number of hydrogen-bond donors (Lipinski definition) is 4. The highest BCUT2D eigenvalue weighted by Gasteiger charge is 2.19. The first-order valence-corrected chi connectivity index (χ1v) is 5.61. The number of aryl methyl sites for hydroxylation is 1. The minimum absolute atomic E-state index is 0.0452. The number of aliphatic carboxylic acids is 1. The van der Waals surface area contributed by atoms with Gasteiger partial charge < -0.3 is 20.8 Å². The van der Waals surface area contributed by atoms with Gasteiger partial charge in [0.15, 0.2) is 0 Å². The van der Waals surface area contributed by atoms with E-state index in [0.29, 0.717) is 5.56 Å². The van der Waals surface area contributed by atoms with Gasteiger partial charge >= 0.3 is 12.0 Å². The van der Waals surface area contributed by atoms with Gasteiger partial charge in [0.05, 0.1) is 5.69 Å². The lowest BCUT2D eigenvalue weighted by molar-refractivity contribution is -0.139. The van der Waals surface area contributed by atoms with Crippen molar-refractivity contribution in [1.82, 2.24) is 5.32 Å². The van der Waals surface area contributed by atoms with Crippen LogP contribution in [0.4, 0.5) is 14.9 Å². The molecule has 0 aliphatic rings. The van der Waals surface area contributed by atoms with E-state index in [1.807, 2.05) is 0 Å². The number of anilines is 1. The fraction of sp³-hybridized carbons (Fsp3) is 0.333. The zero-order valence-electron chi connectivity index (χ0n) is 10.3. The molecule has 1 aromatic carbocycles. The summed E-state index contributed by atoms with van der Waals surface area (Å²) in [4.78, 5) is 22.3. The zero-order chi connectivity index (χ0) is 14.4. The number of rotatable bonds is 5. The van der Waals surface area contributed by atoms with E-state index in [1.165, 1.54) is 12.1 Å². The van der Waals surface area contributed by atoms with Gasteiger partial charge in [-0.1, -0.05) is 6.07 Å². The van der Waals surface area contributed by atoms with Crippen LogP contribution in [0.1, 0.15) is 12.0 Å². The SMILES string of the molecule is Cc1ccc(NC(=O)N[C@H](CCO)C(=O)O)c(F)c1. The summed E-state index contributed by atoms with van der Waals surface area (Å²) in [6.45, 7) is 1.32. The Morgan fingerprint density at radius 2 is 2.11 bits per heavy atom. The Morgan fingerprint density at radius 3 is 2.63 bits per heavy atom. The van der Waals surface area contributed by atoms with Gasteiger partial charge in [-0.25, -0.2) is 14.0 Å². The van der Waals surface area contributed by atoms with Crippen LogP contribution < -0.4 is 10.6 Å². The van der Waals surface area contributed by atoms with Crippen molar-refractivity contribution in [3.63, 3.8) is 0 Å². The van der Waals surface area contributed by atoms with Gasteiger partial charge in [-0.2, -0.15) is 0 Å². The lowest BCUT2D eigenvalue weighted by atomic mass is 10.2. The van der Waals surface area contributed by atoms with Crippen LogP contribution in [0.2, 0.25) is 0 Å². The molecule has 7 heteroatoms. The summed E-state index contributed by atoms with van der Waals surface area (Å²) in [6, 6.07) is 2.17. The van der Waals surface area contributed by atoms with E-state index in [1.54, 1.807) is 13.0 Å². The second-order valence-electron chi connectivity index (χ2n) is 3.98. The number of carboxylic acids is 1. The van der Waals surface area contributed by atoms with Crippen LogP contribution in [0.5, 0.6) is 0 Å². The Bertz CT molecular complexity index is 479. The average molecular weight is 270 g/mol. The summed E-state index contributed by atoms with van der Waals surface area (Å²) in [7, 11) is 0. The molecule has 1 aromatic rings. The molecule has 2 amide bonds. The first-order valence-electron chi connectivity index (χ1n) is 5.61. The van der Waals surface area contributed by atoms with Crippen LogP contribution in [0.15, 0.2) is 18.2 Å². The van der Waals surface area contributed by atoms with Crippen molar-refractivity contribution in [2.75, 3.05) is 11.9 Å². The summed E-state index contributed by atoms with van der Waals surface area (Å²) < 4.78 is 13.5. The highest BCUT2D eigenvalue weighted by molar-refractivity contribution is 5.92. The number of nitrogens with one attached hydrogen (secondary N) is 2. The molecule has 104 valence electrons. The van der Waals surface area contributed by atoms with E-state index in [-0.39, 0.29) is 18.7 Å². The van der Waals surface area contributed by atoms with Crippen molar-refractivity contribution < 1.29 is 24.2 Å². The molecule has 0 unspecified atom stereocenters. The van der Waals surface area contributed by atoms with Crippen molar-refractivity contribution in [1.29, 1.82) is 0 Å². The lowest BCUT2D eigenvalue weighted by Gasteiger charge is -2.14. The second-order valence-corrected chi connectivity index (χ2v) is 3.98. The summed E-state index contributed by atoms with van der Waals surface area (Å²) in [5.41, 5.74) is 0.656. The maximum atomic E-state index is 13.5. The molecule has 0 saturated heterocycles. The summed E-state index contributed by atoms with van der Waals surface area (Å²) in [6.07, 6.45) is -0.126. The van der Waals surface area contributed by atoms with E-state index in [2.05, 4.69) is 10.6 Å². The number of urea groups is 1. The van der Waals surface area contributed by atoms with E-state index in [0.717, 1.165) is 0 Å². The maximum absolute atomic E-state index is 13.5. The minimum atomic E-state index is -1.27. The van der Waals surface area contributed by atoms with Gasteiger partial charge in [-0.05, 0) is 24.6 Å².